The maximum absolute atomic E-state index is 11.5. The summed E-state index contributed by atoms with van der Waals surface area (Å²) in [5.41, 5.74) is 22.3. The summed E-state index contributed by atoms with van der Waals surface area (Å²) in [7, 11) is 0. The van der Waals surface area contributed by atoms with Gasteiger partial charge in [0, 0.05) is 85.6 Å². The van der Waals surface area contributed by atoms with Crippen LogP contribution in [0.5, 0.6) is 0 Å². The minimum absolute atomic E-state index is 0.305. The van der Waals surface area contributed by atoms with Crippen LogP contribution < -0.4 is 9.80 Å². The summed E-state index contributed by atoms with van der Waals surface area (Å²) in [4.78, 5) is 40.8. The van der Waals surface area contributed by atoms with Gasteiger partial charge in [-0.15, -0.1) is 34.0 Å². The Morgan fingerprint density at radius 1 is 0.331 bits per heavy atom. The van der Waals surface area contributed by atoms with Gasteiger partial charge in [-0.05, 0) is 212 Å². The number of carboxylic acid groups (broad SMARTS) is 2. The van der Waals surface area contributed by atoms with E-state index in [2.05, 4.69) is 255 Å². The van der Waals surface area contributed by atoms with Crippen molar-refractivity contribution in [2.45, 2.75) is 156 Å². The molecule has 0 saturated heterocycles. The highest BCUT2D eigenvalue weighted by atomic mass is 32.1. The fourth-order valence-electron chi connectivity index (χ4n) is 15.6. The van der Waals surface area contributed by atoms with E-state index < -0.39 is 11.9 Å². The van der Waals surface area contributed by atoms with Gasteiger partial charge in [0.25, 0.3) is 11.4 Å². The SMILES string of the molecule is [C-]#[N+]/C(=C\c1ccc(-c2ccc(-c3cc(CCCCCCCC)c(-c4ccc(N(c5ccccc5)c5ccccc5)cc4)s3)c3nonc23)cc1)C(=O)O.[C-]#[N+]/C(=C\c1ccc(-c2sc(-c3ccc(-c4cc(CCCCCCCC)c(-c5ccc(N(c6ccccc6)c6ccccc6)cc5)s4)c4nonc34)cc2CCCCCCCC)cc1)C(=O)O. The lowest BCUT2D eigenvalue weighted by Crippen LogP contribution is -2.09. The maximum atomic E-state index is 11.5. The molecule has 17 heteroatoms. The van der Waals surface area contributed by atoms with Crippen molar-refractivity contribution < 1.29 is 29.1 Å². The van der Waals surface area contributed by atoms with E-state index in [0.29, 0.717) is 22.2 Å². The van der Waals surface area contributed by atoms with Crippen molar-refractivity contribution in [1.29, 1.82) is 0 Å². The Morgan fingerprint density at radius 3 is 0.876 bits per heavy atom. The number of aryl methyl sites for hydroxylation is 3. The zero-order valence-electron chi connectivity index (χ0n) is 68.7. The first-order valence-corrected chi connectivity index (χ1v) is 44.7. The molecule has 0 bridgehead atoms. The predicted octanol–water partition coefficient (Wildman–Crippen LogP) is 30.6. The molecule has 10 aromatic carbocycles. The number of unbranched alkanes of at least 4 members (excludes halogenated alkanes) is 15. The molecule has 5 aromatic heterocycles. The number of hydrogen-bond acceptors (Lipinski definition) is 13. The number of para-hydroxylation sites is 4. The van der Waals surface area contributed by atoms with E-state index in [1.165, 1.54) is 151 Å². The molecular weight excluding hydrogens is 1550 g/mol. The molecule has 15 rings (SSSR count). The Morgan fingerprint density at radius 2 is 0.587 bits per heavy atom. The second kappa shape index (κ2) is 42.2. The van der Waals surface area contributed by atoms with Gasteiger partial charge in [0.1, 0.15) is 22.1 Å². The molecule has 0 atom stereocenters. The first-order chi connectivity index (χ1) is 59.5. The minimum atomic E-state index is -1.25. The Kier molecular flexibility index (Phi) is 29.5. The number of aliphatic carboxylic acids is 2. The van der Waals surface area contributed by atoms with E-state index in [0.717, 1.165) is 132 Å². The highest BCUT2D eigenvalue weighted by molar-refractivity contribution is 7.20. The largest absolute Gasteiger partial charge is 0.486 e. The third-order valence-corrected chi connectivity index (χ3v) is 25.7. The normalized spacial score (nSPS) is 11.5. The number of rotatable bonds is 38. The molecule has 0 saturated carbocycles. The van der Waals surface area contributed by atoms with Crippen molar-refractivity contribution in [2.24, 2.45) is 0 Å². The third kappa shape index (κ3) is 21.0. The van der Waals surface area contributed by atoms with Gasteiger partial charge in [0.15, 0.2) is 0 Å². The lowest BCUT2D eigenvalue weighted by molar-refractivity contribution is -0.133. The molecule has 0 radical (unpaired) electrons. The van der Waals surface area contributed by atoms with E-state index in [1.807, 2.05) is 65.9 Å². The number of carbonyl (C=O) groups is 2. The second-order valence-corrected chi connectivity index (χ2v) is 33.6. The van der Waals surface area contributed by atoms with Gasteiger partial charge in [-0.25, -0.2) is 18.9 Å². The molecule has 0 aliphatic carbocycles. The quantitative estimate of drug-likeness (QED) is 0.0214. The Bertz CT molecular complexity index is 6000. The van der Waals surface area contributed by atoms with Crippen LogP contribution in [0.1, 0.15) is 164 Å². The van der Waals surface area contributed by atoms with Crippen molar-refractivity contribution in [3.05, 3.63) is 323 Å². The molecule has 2 N–H and O–H groups in total. The predicted molar refractivity (Wildman–Crippen MR) is 500 cm³/mol. The molecule has 0 aliphatic rings. The van der Waals surface area contributed by atoms with Crippen molar-refractivity contribution in [3.63, 3.8) is 0 Å². The zero-order chi connectivity index (χ0) is 83.7. The highest BCUT2D eigenvalue weighted by Gasteiger charge is 2.25. The fraction of sp³-hybridized carbons (Fsp3) is 0.231. The first-order valence-electron chi connectivity index (χ1n) is 42.3. The van der Waals surface area contributed by atoms with Gasteiger partial charge in [-0.3, -0.25) is 9.59 Å². The molecule has 0 amide bonds. The van der Waals surface area contributed by atoms with Crippen LogP contribution in [-0.2, 0) is 28.9 Å². The van der Waals surface area contributed by atoms with Crippen LogP contribution in [-0.4, -0.2) is 42.8 Å². The van der Waals surface area contributed by atoms with Crippen LogP contribution in [0.4, 0.5) is 34.1 Å². The van der Waals surface area contributed by atoms with E-state index >= 15 is 0 Å². The van der Waals surface area contributed by atoms with Crippen molar-refractivity contribution in [1.82, 2.24) is 20.6 Å². The van der Waals surface area contributed by atoms with Gasteiger partial charge in [-0.2, -0.15) is 0 Å². The molecule has 121 heavy (non-hydrogen) atoms. The van der Waals surface area contributed by atoms with Crippen molar-refractivity contribution in [3.8, 4) is 73.8 Å². The Balaban J connectivity index is 0.000000202. The first kappa shape index (κ1) is 84.6. The summed E-state index contributed by atoms with van der Waals surface area (Å²) >= 11 is 5.33. The van der Waals surface area contributed by atoms with E-state index in [1.54, 1.807) is 34.8 Å². The summed E-state index contributed by atoms with van der Waals surface area (Å²) in [6, 6.07) is 90.6. The summed E-state index contributed by atoms with van der Waals surface area (Å²) < 4.78 is 10.9. The number of hydrogen-bond donors (Lipinski definition) is 2. The van der Waals surface area contributed by atoms with Crippen LogP contribution in [0, 0.1) is 13.1 Å². The molecule has 14 nitrogen and oxygen atoms in total. The topological polar surface area (TPSA) is 168 Å². The summed E-state index contributed by atoms with van der Waals surface area (Å²) in [5, 5.41) is 36.5. The molecule has 608 valence electrons. The molecule has 0 aliphatic heterocycles. The summed E-state index contributed by atoms with van der Waals surface area (Å²) in [5.74, 6) is -2.47. The van der Waals surface area contributed by atoms with Gasteiger partial charge in [0.05, 0.1) is 13.1 Å². The molecular formula is C104H98N8O6S3. The number of thiophene rings is 3. The smallest absolute Gasteiger partial charge is 0.333 e. The Hall–Kier alpha value is -12.9. The van der Waals surface area contributed by atoms with Crippen LogP contribution in [0.2, 0.25) is 0 Å². The lowest BCUT2D eigenvalue weighted by atomic mass is 9.98. The average Bonchev–Trinajstić information content (AvgIpc) is 1.50. The number of aromatic nitrogens is 4. The van der Waals surface area contributed by atoms with Gasteiger partial charge in [-0.1, -0.05) is 287 Å². The fourth-order valence-corrected chi connectivity index (χ4v) is 19.4. The van der Waals surface area contributed by atoms with Crippen molar-refractivity contribution in [2.75, 3.05) is 9.80 Å². The second-order valence-electron chi connectivity index (χ2n) is 30.4. The standard InChI is InChI=1S/C58H58N4O3S2.C46H40N4O3S/c1-4-6-8-10-12-16-22-44-39-52(66-56(44)42-30-28-41(29-31-42)38-51(59-3)58(63)64)49-36-37-50(55-54(49)60-65-61-55)53-40-45(23-17-13-11-9-7-5-2)57(67-53)43-32-34-48(35-33-43)62(46-24-18-14-19-25-46)47-26-20-15-21-27-47;1-3-4-5-6-7-10-15-35-31-42(40-29-28-39(43-44(40)49-53-48-43)33-22-20-32(21-23-33)30-41(47-2)46(51)52)54-45(35)34-24-26-38(27-25-34)50(36-16-11-8-12-17-36)37-18-13-9-14-19-37/h14-15,18-21,24-40H,4-13,16-17,22-23H2,1-2H3,(H,63,64);8-9,11-14,16-31H,3-7,10,15H2,1H3,(H,51,52)/b51-38-;41-30-. The van der Waals surface area contributed by atoms with E-state index in [9.17, 15) is 19.8 Å². The third-order valence-electron chi connectivity index (χ3n) is 22.0. The molecule has 0 unspecified atom stereocenters. The summed E-state index contributed by atoms with van der Waals surface area (Å²) in [6.45, 7) is 21.2. The number of benzene rings is 10. The van der Waals surface area contributed by atoms with Gasteiger partial charge >= 0.3 is 11.9 Å². The molecule has 5 heterocycles. The molecule has 0 spiro atoms. The van der Waals surface area contributed by atoms with E-state index in [4.69, 9.17) is 22.4 Å². The average molecular weight is 1650 g/mol. The summed E-state index contributed by atoms with van der Waals surface area (Å²) in [6.07, 6.45) is 27.9. The van der Waals surface area contributed by atoms with Crippen LogP contribution in [0.25, 0.3) is 118 Å². The molecule has 15 aromatic rings. The van der Waals surface area contributed by atoms with Crippen molar-refractivity contribution >= 4 is 114 Å². The number of fused-ring (bicyclic) bond motifs is 2. The highest BCUT2D eigenvalue weighted by Crippen LogP contribution is 2.49. The number of nitrogens with zero attached hydrogens (tertiary/aromatic N) is 8. The van der Waals surface area contributed by atoms with E-state index in [-0.39, 0.29) is 11.4 Å². The monoisotopic (exact) mass is 1650 g/mol. The van der Waals surface area contributed by atoms with Crippen LogP contribution in [0.15, 0.2) is 282 Å². The maximum Gasteiger partial charge on any atom is 0.333 e. The lowest BCUT2D eigenvalue weighted by Gasteiger charge is -2.25. The Labute approximate surface area is 721 Å². The molecule has 0 fully saturated rings. The minimum Gasteiger partial charge on any atom is -0.486 e. The zero-order valence-corrected chi connectivity index (χ0v) is 71.1. The van der Waals surface area contributed by atoms with Crippen LogP contribution >= 0.6 is 34.0 Å². The van der Waals surface area contributed by atoms with Gasteiger partial charge in [0.2, 0.25) is 0 Å². The number of anilines is 6. The van der Waals surface area contributed by atoms with Gasteiger partial charge < -0.3 is 20.0 Å². The van der Waals surface area contributed by atoms with Crippen LogP contribution in [0.3, 0.4) is 0 Å². The number of carboxylic acids is 2.